The molecule has 6 heteroatoms. The summed E-state index contributed by atoms with van der Waals surface area (Å²) in [5, 5.41) is 7.90. The van der Waals surface area contributed by atoms with Gasteiger partial charge in [-0.1, -0.05) is 54.2 Å². The van der Waals surface area contributed by atoms with Crippen LogP contribution in [-0.2, 0) is 9.59 Å². The Bertz CT molecular complexity index is 1140. The highest BCUT2D eigenvalue weighted by Gasteiger charge is 2.32. The van der Waals surface area contributed by atoms with E-state index in [-0.39, 0.29) is 18.2 Å². The molecule has 0 spiro atoms. The highest BCUT2D eigenvalue weighted by molar-refractivity contribution is 8.15. The van der Waals surface area contributed by atoms with Gasteiger partial charge in [-0.15, -0.1) is 0 Å². The number of benzene rings is 3. The Kier molecular flexibility index (Phi) is 5.36. The molecule has 2 amide bonds. The summed E-state index contributed by atoms with van der Waals surface area (Å²) in [6.07, 6.45) is 0.0924. The van der Waals surface area contributed by atoms with Gasteiger partial charge in [-0.2, -0.15) is 0 Å². The first-order valence-electron chi connectivity index (χ1n) is 9.40. The van der Waals surface area contributed by atoms with Crippen molar-refractivity contribution in [3.63, 3.8) is 0 Å². The van der Waals surface area contributed by atoms with Crippen LogP contribution in [0.4, 0.5) is 11.4 Å². The third-order valence-electron chi connectivity index (χ3n) is 4.77. The predicted molar refractivity (Wildman–Crippen MR) is 120 cm³/mol. The van der Waals surface area contributed by atoms with Crippen LogP contribution in [0.3, 0.4) is 0 Å². The molecule has 1 heterocycles. The number of fused-ring (bicyclic) bond motifs is 1. The Morgan fingerprint density at radius 1 is 1.07 bits per heavy atom. The molecular weight excluding hydrogens is 382 g/mol. The lowest BCUT2D eigenvalue weighted by atomic mass is 10.1. The number of anilines is 1. The number of hydrogen-bond donors (Lipinski definition) is 2. The summed E-state index contributed by atoms with van der Waals surface area (Å²) in [5.41, 5.74) is 3.70. The largest absolute Gasteiger partial charge is 0.326 e. The summed E-state index contributed by atoms with van der Waals surface area (Å²) in [4.78, 5) is 29.3. The van der Waals surface area contributed by atoms with Crippen LogP contribution in [0.25, 0.3) is 10.8 Å². The number of rotatable bonds is 4. The average molecular weight is 404 g/mol. The lowest BCUT2D eigenvalue weighted by Crippen LogP contribution is -2.28. The van der Waals surface area contributed by atoms with Crippen molar-refractivity contribution in [2.45, 2.75) is 25.5 Å². The van der Waals surface area contributed by atoms with E-state index < -0.39 is 5.25 Å². The quantitative estimate of drug-likeness (QED) is 0.663. The van der Waals surface area contributed by atoms with Gasteiger partial charge in [0, 0.05) is 12.1 Å². The van der Waals surface area contributed by atoms with Gasteiger partial charge in [0.15, 0.2) is 5.17 Å². The second-order valence-electron chi connectivity index (χ2n) is 7.12. The summed E-state index contributed by atoms with van der Waals surface area (Å²) in [6.45, 7) is 3.98. The fraction of sp³-hybridized carbons (Fsp3) is 0.174. The van der Waals surface area contributed by atoms with Crippen molar-refractivity contribution in [2.24, 2.45) is 4.99 Å². The molecule has 29 heavy (non-hydrogen) atoms. The van der Waals surface area contributed by atoms with Gasteiger partial charge in [0.2, 0.25) is 11.8 Å². The zero-order valence-electron chi connectivity index (χ0n) is 16.2. The van der Waals surface area contributed by atoms with E-state index in [0.29, 0.717) is 5.17 Å². The third kappa shape index (κ3) is 4.49. The molecule has 0 aromatic heterocycles. The fourth-order valence-electron chi connectivity index (χ4n) is 3.19. The van der Waals surface area contributed by atoms with Crippen LogP contribution in [0, 0.1) is 13.8 Å². The van der Waals surface area contributed by atoms with Gasteiger partial charge < -0.3 is 10.6 Å². The van der Waals surface area contributed by atoms with E-state index in [1.165, 1.54) is 11.8 Å². The van der Waals surface area contributed by atoms with Crippen LogP contribution in [-0.4, -0.2) is 22.2 Å². The summed E-state index contributed by atoms with van der Waals surface area (Å²) in [6, 6.07) is 19.8. The molecule has 3 aromatic carbocycles. The highest BCUT2D eigenvalue weighted by atomic mass is 32.2. The molecule has 0 saturated carbocycles. The van der Waals surface area contributed by atoms with E-state index in [1.54, 1.807) is 0 Å². The average Bonchev–Trinajstić information content (AvgIpc) is 3.03. The number of amides is 2. The smallest absolute Gasteiger partial charge is 0.240 e. The Morgan fingerprint density at radius 3 is 2.69 bits per heavy atom. The molecule has 2 N–H and O–H groups in total. The number of nitrogens with one attached hydrogen (secondary N) is 2. The third-order valence-corrected chi connectivity index (χ3v) is 5.85. The van der Waals surface area contributed by atoms with Crippen molar-refractivity contribution in [1.82, 2.24) is 5.32 Å². The van der Waals surface area contributed by atoms with Crippen LogP contribution < -0.4 is 10.6 Å². The minimum atomic E-state index is -0.487. The first-order chi connectivity index (χ1) is 14.0. The van der Waals surface area contributed by atoms with Gasteiger partial charge in [0.25, 0.3) is 0 Å². The van der Waals surface area contributed by atoms with Gasteiger partial charge in [0.1, 0.15) is 5.25 Å². The summed E-state index contributed by atoms with van der Waals surface area (Å²) in [7, 11) is 0. The van der Waals surface area contributed by atoms with Crippen molar-refractivity contribution >= 4 is 50.9 Å². The second kappa shape index (κ2) is 8.09. The first-order valence-corrected chi connectivity index (χ1v) is 10.3. The maximum atomic E-state index is 12.5. The molecule has 0 aliphatic carbocycles. The molecule has 1 fully saturated rings. The predicted octanol–water partition coefficient (Wildman–Crippen LogP) is 4.70. The van der Waals surface area contributed by atoms with Gasteiger partial charge in [-0.05, 0) is 53.9 Å². The van der Waals surface area contributed by atoms with E-state index in [1.807, 2.05) is 74.5 Å². The molecule has 3 aromatic rings. The maximum absolute atomic E-state index is 12.5. The molecule has 1 atom stereocenters. The van der Waals surface area contributed by atoms with Crippen LogP contribution in [0.1, 0.15) is 17.5 Å². The normalized spacial score (nSPS) is 17.5. The molecule has 1 aliphatic rings. The van der Waals surface area contributed by atoms with Crippen molar-refractivity contribution in [2.75, 3.05) is 5.32 Å². The van der Waals surface area contributed by atoms with Crippen LogP contribution in [0.5, 0.6) is 0 Å². The zero-order chi connectivity index (χ0) is 20.4. The lowest BCUT2D eigenvalue weighted by molar-refractivity contribution is -0.122. The number of aryl methyl sites for hydroxylation is 2. The fourth-order valence-corrected chi connectivity index (χ4v) is 4.17. The molecule has 4 rings (SSSR count). The molecule has 5 nitrogen and oxygen atoms in total. The SMILES string of the molecule is Cc1ccc(C)c(N=C2NC(=O)[C@@H](CC(=O)Nc3ccc4ccccc4c3)S2)c1. The number of hydrogen-bond acceptors (Lipinski definition) is 4. The lowest BCUT2D eigenvalue weighted by Gasteiger charge is -2.08. The van der Waals surface area contributed by atoms with Gasteiger partial charge in [-0.3, -0.25) is 9.59 Å². The summed E-state index contributed by atoms with van der Waals surface area (Å²) < 4.78 is 0. The number of nitrogens with zero attached hydrogens (tertiary/aromatic N) is 1. The molecule has 1 aliphatic heterocycles. The number of aliphatic imine (C=N–C) groups is 1. The van der Waals surface area contributed by atoms with Gasteiger partial charge >= 0.3 is 0 Å². The van der Waals surface area contributed by atoms with Crippen LogP contribution in [0.15, 0.2) is 65.7 Å². The minimum Gasteiger partial charge on any atom is -0.326 e. The van der Waals surface area contributed by atoms with E-state index in [2.05, 4.69) is 15.6 Å². The Morgan fingerprint density at radius 2 is 1.86 bits per heavy atom. The Hall–Kier alpha value is -3.12. The van der Waals surface area contributed by atoms with E-state index in [0.717, 1.165) is 33.3 Å². The van der Waals surface area contributed by atoms with E-state index in [4.69, 9.17) is 0 Å². The summed E-state index contributed by atoms with van der Waals surface area (Å²) >= 11 is 1.30. The Labute approximate surface area is 173 Å². The van der Waals surface area contributed by atoms with Crippen molar-refractivity contribution in [3.8, 4) is 0 Å². The topological polar surface area (TPSA) is 70.6 Å². The number of amidine groups is 1. The van der Waals surface area contributed by atoms with Crippen LogP contribution in [0.2, 0.25) is 0 Å². The molecule has 0 bridgehead atoms. The molecule has 1 saturated heterocycles. The van der Waals surface area contributed by atoms with Crippen molar-refractivity contribution in [1.29, 1.82) is 0 Å². The molecular formula is C23H21N3O2S. The van der Waals surface area contributed by atoms with Crippen LogP contribution >= 0.6 is 11.8 Å². The van der Waals surface area contributed by atoms with E-state index in [9.17, 15) is 9.59 Å². The van der Waals surface area contributed by atoms with Crippen molar-refractivity contribution in [3.05, 3.63) is 71.8 Å². The monoisotopic (exact) mass is 403 g/mol. The first kappa shape index (κ1) is 19.2. The van der Waals surface area contributed by atoms with Gasteiger partial charge in [0.05, 0.1) is 5.69 Å². The standard InChI is InChI=1S/C23H21N3O2S/c1-14-7-8-15(2)19(11-14)25-23-26-22(28)20(29-23)13-21(27)24-18-10-9-16-5-3-4-6-17(16)12-18/h3-12,20H,13H2,1-2H3,(H,24,27)(H,25,26,28)/t20-/m1/s1. The maximum Gasteiger partial charge on any atom is 0.240 e. The number of carbonyl (C=O) groups is 2. The summed E-state index contributed by atoms with van der Waals surface area (Å²) in [5.74, 6) is -0.381. The van der Waals surface area contributed by atoms with E-state index >= 15 is 0 Å². The number of thioether (sulfide) groups is 1. The minimum absolute atomic E-state index is 0.0924. The number of carbonyl (C=O) groups excluding carboxylic acids is 2. The molecule has 0 radical (unpaired) electrons. The zero-order valence-corrected chi connectivity index (χ0v) is 17.0. The molecule has 0 unspecified atom stereocenters. The Balaban J connectivity index is 1.42. The second-order valence-corrected chi connectivity index (χ2v) is 8.31. The molecule has 146 valence electrons. The van der Waals surface area contributed by atoms with Crippen molar-refractivity contribution < 1.29 is 9.59 Å². The van der Waals surface area contributed by atoms with Gasteiger partial charge in [-0.25, -0.2) is 4.99 Å². The highest BCUT2D eigenvalue weighted by Crippen LogP contribution is 2.28.